The number of nitrogens with zero attached hydrogens (tertiary/aromatic N) is 1. The monoisotopic (exact) mass is 376 g/mol. The van der Waals surface area contributed by atoms with Gasteiger partial charge in [-0.15, -0.1) is 0 Å². The topological polar surface area (TPSA) is 47.5 Å². The van der Waals surface area contributed by atoms with E-state index in [1.54, 1.807) is 0 Å². The summed E-state index contributed by atoms with van der Waals surface area (Å²) in [5, 5.41) is 13.7. The molecular weight excluding hydrogens is 361 g/mol. The van der Waals surface area contributed by atoms with Gasteiger partial charge >= 0.3 is 7.69 Å². The minimum absolute atomic E-state index is 0.572. The summed E-state index contributed by atoms with van der Waals surface area (Å²) in [5.74, 6) is 0.572. The minimum atomic E-state index is 0.572. The third-order valence-corrected chi connectivity index (χ3v) is 5.46. The number of rotatable bonds is 3. The summed E-state index contributed by atoms with van der Waals surface area (Å²) in [5.41, 5.74) is 4.67. The van der Waals surface area contributed by atoms with E-state index < -0.39 is 0 Å². The van der Waals surface area contributed by atoms with Crippen LogP contribution in [0.5, 0.6) is 5.75 Å². The van der Waals surface area contributed by atoms with Crippen molar-refractivity contribution in [3.8, 4) is 11.4 Å². The van der Waals surface area contributed by atoms with Crippen molar-refractivity contribution in [2.75, 3.05) is 0 Å². The summed E-state index contributed by atoms with van der Waals surface area (Å²) >= 11 is 0. The number of hydrogen-bond acceptors (Lipinski definition) is 3. The summed E-state index contributed by atoms with van der Waals surface area (Å²) in [4.78, 5) is 0. The zero-order valence-corrected chi connectivity index (χ0v) is 15.4. The molecule has 0 saturated heterocycles. The van der Waals surface area contributed by atoms with Crippen LogP contribution in [-0.4, -0.2) is 17.3 Å². The lowest BCUT2D eigenvalue weighted by molar-refractivity contribution is 0.453. The molecule has 137 valence electrons. The van der Waals surface area contributed by atoms with Gasteiger partial charge in [0.2, 0.25) is 0 Å². The van der Waals surface area contributed by atoms with Crippen molar-refractivity contribution in [3.63, 3.8) is 0 Å². The fourth-order valence-corrected chi connectivity index (χ4v) is 4.31. The maximum atomic E-state index is 9.28. The molecular formula is C24H15BNO3. The fraction of sp³-hybridized carbons (Fsp3) is 0. The summed E-state index contributed by atoms with van der Waals surface area (Å²) < 4.78 is 13.7. The van der Waals surface area contributed by atoms with Gasteiger partial charge in [0.1, 0.15) is 16.9 Å². The molecule has 0 unspecified atom stereocenters. The molecule has 5 heteroatoms. The number of hydrogen-bond donors (Lipinski definition) is 1. The highest BCUT2D eigenvalue weighted by Gasteiger charge is 2.20. The maximum Gasteiger partial charge on any atom is 0.569 e. The number of para-hydroxylation sites is 4. The largest absolute Gasteiger partial charge is 0.569 e. The van der Waals surface area contributed by atoms with Gasteiger partial charge in [0.15, 0.2) is 0 Å². The van der Waals surface area contributed by atoms with Crippen molar-refractivity contribution in [2.45, 2.75) is 0 Å². The molecule has 0 aliphatic carbocycles. The summed E-state index contributed by atoms with van der Waals surface area (Å²) in [6.45, 7) is 0. The lowest BCUT2D eigenvalue weighted by Crippen LogP contribution is -2.04. The van der Waals surface area contributed by atoms with Crippen LogP contribution in [0, 0.1) is 0 Å². The average Bonchev–Trinajstić information content (AvgIpc) is 3.30. The Kier molecular flexibility index (Phi) is 3.46. The predicted molar refractivity (Wildman–Crippen MR) is 117 cm³/mol. The van der Waals surface area contributed by atoms with Gasteiger partial charge in [0.25, 0.3) is 0 Å². The Morgan fingerprint density at radius 2 is 1.48 bits per heavy atom. The first-order chi connectivity index (χ1) is 14.4. The van der Waals surface area contributed by atoms with Crippen molar-refractivity contribution in [1.29, 1.82) is 0 Å². The Balaban J connectivity index is 1.89. The van der Waals surface area contributed by atoms with E-state index in [1.165, 1.54) is 0 Å². The quantitative estimate of drug-likeness (QED) is 0.410. The van der Waals surface area contributed by atoms with E-state index >= 15 is 0 Å². The second kappa shape index (κ2) is 6.16. The van der Waals surface area contributed by atoms with Crippen molar-refractivity contribution in [3.05, 3.63) is 84.9 Å². The van der Waals surface area contributed by atoms with Gasteiger partial charge in [0.05, 0.1) is 22.1 Å². The van der Waals surface area contributed by atoms with Crippen LogP contribution in [0.1, 0.15) is 0 Å². The van der Waals surface area contributed by atoms with E-state index in [4.69, 9.17) is 9.07 Å². The molecule has 0 bridgehead atoms. The number of benzene rings is 4. The van der Waals surface area contributed by atoms with Crippen LogP contribution in [0.4, 0.5) is 0 Å². The van der Waals surface area contributed by atoms with Gasteiger partial charge in [-0.3, -0.25) is 0 Å². The third-order valence-electron chi connectivity index (χ3n) is 5.46. The van der Waals surface area contributed by atoms with Gasteiger partial charge in [-0.05, 0) is 36.4 Å². The van der Waals surface area contributed by atoms with E-state index in [0.29, 0.717) is 5.75 Å². The first-order valence-corrected chi connectivity index (χ1v) is 9.42. The van der Waals surface area contributed by atoms with E-state index in [9.17, 15) is 5.02 Å². The Labute approximate surface area is 166 Å². The van der Waals surface area contributed by atoms with Crippen LogP contribution in [0.25, 0.3) is 49.4 Å². The smallest absolute Gasteiger partial charge is 0.536 e. The highest BCUT2D eigenvalue weighted by atomic mass is 16.5. The number of fused-ring (bicyclic) bond motifs is 7. The zero-order chi connectivity index (χ0) is 19.4. The van der Waals surface area contributed by atoms with Crippen LogP contribution in [0.2, 0.25) is 0 Å². The molecule has 2 aromatic heterocycles. The SMILES string of the molecule is O[B]Oc1ccccc1-n1c2ccccc2c2ccc3oc4ccccc4c3c21. The normalized spacial score (nSPS) is 11.6. The molecule has 0 aliphatic heterocycles. The molecule has 29 heavy (non-hydrogen) atoms. The van der Waals surface area contributed by atoms with Gasteiger partial charge in [0, 0.05) is 16.2 Å². The molecule has 0 saturated carbocycles. The number of aromatic nitrogens is 1. The first kappa shape index (κ1) is 16.3. The molecule has 4 nitrogen and oxygen atoms in total. The molecule has 1 N–H and O–H groups in total. The second-order valence-electron chi connectivity index (χ2n) is 6.98. The van der Waals surface area contributed by atoms with Gasteiger partial charge in [-0.2, -0.15) is 0 Å². The summed E-state index contributed by atoms with van der Waals surface area (Å²) in [6.07, 6.45) is 0. The van der Waals surface area contributed by atoms with Crippen LogP contribution < -0.4 is 4.65 Å². The van der Waals surface area contributed by atoms with E-state index in [1.807, 2.05) is 60.7 Å². The minimum Gasteiger partial charge on any atom is -0.536 e. The highest BCUT2D eigenvalue weighted by Crippen LogP contribution is 2.41. The van der Waals surface area contributed by atoms with E-state index in [0.717, 1.165) is 57.1 Å². The Hall–Kier alpha value is -3.70. The molecule has 0 aliphatic rings. The molecule has 0 atom stereocenters. The third kappa shape index (κ3) is 2.25. The first-order valence-electron chi connectivity index (χ1n) is 9.42. The van der Waals surface area contributed by atoms with E-state index in [2.05, 4.69) is 28.8 Å². The number of furan rings is 1. The molecule has 1 radical (unpaired) electrons. The predicted octanol–water partition coefficient (Wildman–Crippen LogP) is 5.59. The molecule has 0 fully saturated rings. The van der Waals surface area contributed by atoms with Crippen molar-refractivity contribution < 1.29 is 14.1 Å². The maximum absolute atomic E-state index is 9.28. The van der Waals surface area contributed by atoms with Gasteiger partial charge in [-0.1, -0.05) is 48.5 Å². The summed E-state index contributed by atoms with van der Waals surface area (Å²) in [7, 11) is 0.718. The zero-order valence-electron chi connectivity index (χ0n) is 15.4. The van der Waals surface area contributed by atoms with Gasteiger partial charge in [-0.25, -0.2) is 0 Å². The lowest BCUT2D eigenvalue weighted by Gasteiger charge is -2.13. The standard InChI is InChI=1S/C24H15BNO3/c27-25-29-21-12-6-4-10-19(21)26-18-9-3-1-7-15(18)16-13-14-22-23(24(16)26)17-8-2-5-11-20(17)28-22/h1-14,27H. The van der Waals surface area contributed by atoms with E-state index in [-0.39, 0.29) is 0 Å². The Bertz CT molecular complexity index is 1530. The Morgan fingerprint density at radius 3 is 2.38 bits per heavy atom. The second-order valence-corrected chi connectivity index (χ2v) is 6.98. The molecule has 6 rings (SSSR count). The highest BCUT2D eigenvalue weighted by molar-refractivity contribution is 6.24. The summed E-state index contributed by atoms with van der Waals surface area (Å²) in [6, 6.07) is 28.2. The van der Waals surface area contributed by atoms with Crippen molar-refractivity contribution in [2.24, 2.45) is 0 Å². The van der Waals surface area contributed by atoms with Crippen LogP contribution in [0.3, 0.4) is 0 Å². The van der Waals surface area contributed by atoms with Gasteiger partial charge < -0.3 is 18.7 Å². The Morgan fingerprint density at radius 1 is 0.724 bits per heavy atom. The lowest BCUT2D eigenvalue weighted by atomic mass is 10.1. The van der Waals surface area contributed by atoms with Crippen LogP contribution in [0.15, 0.2) is 89.3 Å². The molecule has 2 heterocycles. The molecule has 6 aromatic rings. The van der Waals surface area contributed by atoms with Crippen molar-refractivity contribution in [1.82, 2.24) is 4.57 Å². The molecule has 0 amide bonds. The average molecular weight is 376 g/mol. The van der Waals surface area contributed by atoms with Crippen LogP contribution >= 0.6 is 0 Å². The van der Waals surface area contributed by atoms with Crippen LogP contribution in [-0.2, 0) is 0 Å². The molecule has 4 aromatic carbocycles. The van der Waals surface area contributed by atoms with Crippen molar-refractivity contribution >= 4 is 51.4 Å². The fourth-order valence-electron chi connectivity index (χ4n) is 4.31. The molecule has 0 spiro atoms.